The third kappa shape index (κ3) is 3.29. The van der Waals surface area contributed by atoms with Crippen molar-refractivity contribution in [3.63, 3.8) is 0 Å². The fourth-order valence-corrected chi connectivity index (χ4v) is 3.57. The lowest BCUT2D eigenvalue weighted by molar-refractivity contribution is 0.414. The minimum absolute atomic E-state index is 0.664. The molecule has 5 aromatic rings. The van der Waals surface area contributed by atoms with Crippen molar-refractivity contribution in [2.45, 2.75) is 13.3 Å². The van der Waals surface area contributed by atoms with Gasteiger partial charge < -0.3 is 9.26 Å². The summed E-state index contributed by atoms with van der Waals surface area (Å²) in [6, 6.07) is 18.1. The number of aromatic amines is 1. The second-order valence-corrected chi connectivity index (χ2v) is 7.21. The van der Waals surface area contributed by atoms with Crippen LogP contribution in [0.15, 0.2) is 65.3 Å². The number of nitrogens with zero attached hydrogens (tertiary/aromatic N) is 2. The summed E-state index contributed by atoms with van der Waals surface area (Å²) in [5.41, 5.74) is 6.58. The van der Waals surface area contributed by atoms with E-state index in [2.05, 4.69) is 45.4 Å². The van der Waals surface area contributed by atoms with E-state index in [0.717, 1.165) is 55.6 Å². The molecule has 0 bridgehead atoms. The Kier molecular flexibility index (Phi) is 4.45. The minimum atomic E-state index is 0.664. The van der Waals surface area contributed by atoms with Gasteiger partial charge in [-0.2, -0.15) is 5.10 Å². The SMILES string of the molecule is COc1cccc(Cc2noc3c(C#Cc4ccc5[nH]ncc5c4)c(C)ccc23)c1. The highest BCUT2D eigenvalue weighted by Crippen LogP contribution is 2.27. The number of aryl methyl sites for hydroxylation is 1. The fraction of sp³-hybridized carbons (Fsp3) is 0.120. The fourth-order valence-electron chi connectivity index (χ4n) is 3.57. The van der Waals surface area contributed by atoms with Crippen molar-refractivity contribution in [2.75, 3.05) is 7.11 Å². The number of nitrogens with one attached hydrogen (secondary N) is 1. The predicted molar refractivity (Wildman–Crippen MR) is 117 cm³/mol. The number of ether oxygens (including phenoxy) is 1. The Morgan fingerprint density at radius 2 is 2.00 bits per heavy atom. The molecule has 5 heteroatoms. The number of hydrogen-bond acceptors (Lipinski definition) is 4. The Balaban J connectivity index is 1.52. The molecule has 0 fully saturated rings. The lowest BCUT2D eigenvalue weighted by atomic mass is 10.0. The molecule has 0 radical (unpaired) electrons. The van der Waals surface area contributed by atoms with Crippen molar-refractivity contribution in [3.05, 3.63) is 88.7 Å². The summed E-state index contributed by atoms with van der Waals surface area (Å²) in [5, 5.41) is 13.4. The van der Waals surface area contributed by atoms with E-state index in [0.29, 0.717) is 6.42 Å². The van der Waals surface area contributed by atoms with Gasteiger partial charge in [0.2, 0.25) is 0 Å². The zero-order chi connectivity index (χ0) is 20.5. The van der Waals surface area contributed by atoms with Gasteiger partial charge in [-0.25, -0.2) is 0 Å². The second kappa shape index (κ2) is 7.41. The Labute approximate surface area is 173 Å². The standard InChI is InChI=1S/C25H19N3O2/c1-16-6-9-22-24(14-18-4-3-5-20(13-18)29-2)28-30-25(22)21(16)10-7-17-8-11-23-19(12-17)15-26-27-23/h3-6,8-9,11-13,15H,14H2,1-2H3,(H,26,27). The van der Waals surface area contributed by atoms with Gasteiger partial charge in [-0.1, -0.05) is 35.2 Å². The molecule has 0 amide bonds. The van der Waals surface area contributed by atoms with Gasteiger partial charge in [-0.15, -0.1) is 0 Å². The predicted octanol–water partition coefficient (Wildman–Crippen LogP) is 5.01. The van der Waals surface area contributed by atoms with E-state index in [-0.39, 0.29) is 0 Å². The number of aromatic nitrogens is 3. The van der Waals surface area contributed by atoms with Gasteiger partial charge in [-0.05, 0) is 54.4 Å². The van der Waals surface area contributed by atoms with Crippen LogP contribution >= 0.6 is 0 Å². The highest BCUT2D eigenvalue weighted by molar-refractivity contribution is 5.87. The van der Waals surface area contributed by atoms with E-state index in [9.17, 15) is 0 Å². The van der Waals surface area contributed by atoms with Gasteiger partial charge in [0.05, 0.1) is 30.1 Å². The molecule has 5 nitrogen and oxygen atoms in total. The number of rotatable bonds is 3. The topological polar surface area (TPSA) is 63.9 Å². The second-order valence-electron chi connectivity index (χ2n) is 7.21. The van der Waals surface area contributed by atoms with Gasteiger partial charge in [0.25, 0.3) is 0 Å². The van der Waals surface area contributed by atoms with Crippen molar-refractivity contribution >= 4 is 21.9 Å². The maximum Gasteiger partial charge on any atom is 0.183 e. The summed E-state index contributed by atoms with van der Waals surface area (Å²) in [6.07, 6.45) is 2.46. The average Bonchev–Trinajstić information content (AvgIpc) is 3.40. The van der Waals surface area contributed by atoms with Crippen molar-refractivity contribution in [1.29, 1.82) is 0 Å². The number of hydrogen-bond donors (Lipinski definition) is 1. The van der Waals surface area contributed by atoms with Gasteiger partial charge in [0.15, 0.2) is 5.58 Å². The van der Waals surface area contributed by atoms with Gasteiger partial charge in [0.1, 0.15) is 5.75 Å². The van der Waals surface area contributed by atoms with Crippen LogP contribution in [0.2, 0.25) is 0 Å². The van der Waals surface area contributed by atoms with Crippen LogP contribution in [0.5, 0.6) is 5.75 Å². The molecule has 0 saturated heterocycles. The normalized spacial score (nSPS) is 10.9. The summed E-state index contributed by atoms with van der Waals surface area (Å²) >= 11 is 0. The smallest absolute Gasteiger partial charge is 0.183 e. The van der Waals surface area contributed by atoms with Crippen LogP contribution in [-0.4, -0.2) is 22.5 Å². The summed E-state index contributed by atoms with van der Waals surface area (Å²) in [6.45, 7) is 2.03. The van der Waals surface area contributed by atoms with Crippen LogP contribution in [0.4, 0.5) is 0 Å². The maximum atomic E-state index is 5.74. The number of benzene rings is 3. The first kappa shape index (κ1) is 18.0. The average molecular weight is 393 g/mol. The van der Waals surface area contributed by atoms with Crippen molar-refractivity contribution in [3.8, 4) is 17.6 Å². The highest BCUT2D eigenvalue weighted by atomic mass is 16.5. The summed E-state index contributed by atoms with van der Waals surface area (Å²) in [7, 11) is 1.67. The van der Waals surface area contributed by atoms with Gasteiger partial charge in [-0.3, -0.25) is 5.10 Å². The molecule has 0 aliphatic carbocycles. The molecule has 2 aromatic heterocycles. The molecule has 3 aromatic carbocycles. The molecule has 0 saturated carbocycles. The summed E-state index contributed by atoms with van der Waals surface area (Å²) in [4.78, 5) is 0. The first-order valence-corrected chi connectivity index (χ1v) is 9.67. The van der Waals surface area contributed by atoms with Gasteiger partial charge >= 0.3 is 0 Å². The van der Waals surface area contributed by atoms with E-state index in [1.807, 2.05) is 43.3 Å². The van der Waals surface area contributed by atoms with Crippen molar-refractivity contribution in [2.24, 2.45) is 0 Å². The molecule has 1 N–H and O–H groups in total. The quantitative estimate of drug-likeness (QED) is 0.438. The number of H-pyrrole nitrogens is 1. The summed E-state index contributed by atoms with van der Waals surface area (Å²) in [5.74, 6) is 7.37. The molecule has 5 rings (SSSR count). The first-order chi connectivity index (χ1) is 14.7. The first-order valence-electron chi connectivity index (χ1n) is 9.67. The molecule has 0 unspecified atom stereocenters. The van der Waals surface area contributed by atoms with E-state index in [1.54, 1.807) is 13.3 Å². The van der Waals surface area contributed by atoms with E-state index >= 15 is 0 Å². The van der Waals surface area contributed by atoms with Crippen LogP contribution in [0, 0.1) is 18.8 Å². The zero-order valence-electron chi connectivity index (χ0n) is 16.7. The molecule has 30 heavy (non-hydrogen) atoms. The third-order valence-electron chi connectivity index (χ3n) is 5.20. The van der Waals surface area contributed by atoms with Crippen LogP contribution in [0.25, 0.3) is 21.9 Å². The maximum absolute atomic E-state index is 5.74. The van der Waals surface area contributed by atoms with E-state index < -0.39 is 0 Å². The molecule has 146 valence electrons. The van der Waals surface area contributed by atoms with E-state index in [4.69, 9.17) is 9.26 Å². The lowest BCUT2D eigenvalue weighted by Crippen LogP contribution is -1.91. The van der Waals surface area contributed by atoms with E-state index in [1.165, 1.54) is 0 Å². The monoisotopic (exact) mass is 393 g/mol. The van der Waals surface area contributed by atoms with Crippen LogP contribution in [0.3, 0.4) is 0 Å². The highest BCUT2D eigenvalue weighted by Gasteiger charge is 2.14. The summed E-state index contributed by atoms with van der Waals surface area (Å²) < 4.78 is 11.1. The third-order valence-corrected chi connectivity index (χ3v) is 5.20. The zero-order valence-corrected chi connectivity index (χ0v) is 16.7. The Bertz CT molecular complexity index is 1430. The molecule has 2 heterocycles. The molecule has 0 aliphatic heterocycles. The van der Waals surface area contributed by atoms with Crippen LogP contribution in [-0.2, 0) is 6.42 Å². The molecular formula is C25H19N3O2. The lowest BCUT2D eigenvalue weighted by Gasteiger charge is -2.03. The van der Waals surface area contributed by atoms with Crippen molar-refractivity contribution in [1.82, 2.24) is 15.4 Å². The number of methoxy groups -OCH3 is 1. The molecular weight excluding hydrogens is 374 g/mol. The minimum Gasteiger partial charge on any atom is -0.497 e. The number of fused-ring (bicyclic) bond motifs is 2. The molecule has 0 atom stereocenters. The molecule has 0 aliphatic rings. The Morgan fingerprint density at radius 3 is 2.90 bits per heavy atom. The Morgan fingerprint density at radius 1 is 1.07 bits per heavy atom. The van der Waals surface area contributed by atoms with Crippen LogP contribution < -0.4 is 4.74 Å². The van der Waals surface area contributed by atoms with Crippen LogP contribution in [0.1, 0.15) is 27.9 Å². The van der Waals surface area contributed by atoms with Crippen molar-refractivity contribution < 1.29 is 9.26 Å². The Hall–Kier alpha value is -4.04. The van der Waals surface area contributed by atoms with Gasteiger partial charge in [0, 0.05) is 22.8 Å². The molecule has 0 spiro atoms. The largest absolute Gasteiger partial charge is 0.497 e.